The maximum absolute atomic E-state index is 11.5. The molecule has 3 atom stereocenters. The SMILES string of the molecule is CC1=CCOC1N1C(=O)[C@H](O)C[C@H]1O. The van der Waals surface area contributed by atoms with E-state index in [9.17, 15) is 15.0 Å². The fourth-order valence-corrected chi connectivity index (χ4v) is 1.81. The van der Waals surface area contributed by atoms with Gasteiger partial charge in [-0.15, -0.1) is 0 Å². The van der Waals surface area contributed by atoms with E-state index in [0.29, 0.717) is 6.61 Å². The Kier molecular flexibility index (Phi) is 2.30. The van der Waals surface area contributed by atoms with Crippen molar-refractivity contribution in [3.63, 3.8) is 0 Å². The molecular formula is C9H13NO4. The first kappa shape index (κ1) is 9.64. The molecule has 2 heterocycles. The second-order valence-electron chi connectivity index (χ2n) is 3.61. The molecular weight excluding hydrogens is 186 g/mol. The Bertz CT molecular complexity index is 289. The second-order valence-corrected chi connectivity index (χ2v) is 3.61. The molecule has 1 saturated heterocycles. The maximum atomic E-state index is 11.5. The van der Waals surface area contributed by atoms with Crippen molar-refractivity contribution in [1.82, 2.24) is 4.90 Å². The Morgan fingerprint density at radius 3 is 2.71 bits per heavy atom. The number of likely N-dealkylation sites (tertiary alicyclic amines) is 1. The minimum absolute atomic E-state index is 0.0615. The van der Waals surface area contributed by atoms with E-state index < -0.39 is 24.5 Å². The van der Waals surface area contributed by atoms with E-state index in [1.807, 2.05) is 13.0 Å². The van der Waals surface area contributed by atoms with Gasteiger partial charge in [-0.25, -0.2) is 0 Å². The zero-order valence-corrected chi connectivity index (χ0v) is 7.88. The van der Waals surface area contributed by atoms with E-state index in [1.54, 1.807) is 0 Å². The van der Waals surface area contributed by atoms with Gasteiger partial charge in [0.1, 0.15) is 12.3 Å². The quantitative estimate of drug-likeness (QED) is 0.542. The van der Waals surface area contributed by atoms with Crippen molar-refractivity contribution in [3.05, 3.63) is 11.6 Å². The zero-order chi connectivity index (χ0) is 10.3. The molecule has 2 rings (SSSR count). The van der Waals surface area contributed by atoms with Gasteiger partial charge in [0.15, 0.2) is 6.23 Å². The van der Waals surface area contributed by atoms with Crippen molar-refractivity contribution in [1.29, 1.82) is 0 Å². The molecule has 1 fully saturated rings. The average molecular weight is 199 g/mol. The van der Waals surface area contributed by atoms with Gasteiger partial charge in [-0.1, -0.05) is 6.08 Å². The Balaban J connectivity index is 2.18. The molecule has 0 radical (unpaired) electrons. The molecule has 5 nitrogen and oxygen atoms in total. The third-order valence-corrected chi connectivity index (χ3v) is 2.60. The summed E-state index contributed by atoms with van der Waals surface area (Å²) in [4.78, 5) is 12.7. The predicted molar refractivity (Wildman–Crippen MR) is 47.0 cm³/mol. The number of rotatable bonds is 1. The minimum atomic E-state index is -1.10. The molecule has 0 saturated carbocycles. The predicted octanol–water partition coefficient (Wildman–Crippen LogP) is -0.799. The first-order valence-corrected chi connectivity index (χ1v) is 4.58. The number of carbonyl (C=O) groups is 1. The lowest BCUT2D eigenvalue weighted by Gasteiger charge is -2.27. The smallest absolute Gasteiger partial charge is 0.255 e. The standard InChI is InChI=1S/C9H13NO4/c1-5-2-3-14-9(5)10-7(12)4-6(11)8(10)13/h2,6-7,9,11-12H,3-4H2,1H3/t6-,7-,9?/m1/s1. The highest BCUT2D eigenvalue weighted by molar-refractivity contribution is 5.83. The Hall–Kier alpha value is -0.910. The van der Waals surface area contributed by atoms with Gasteiger partial charge in [-0.05, 0) is 12.5 Å². The molecule has 78 valence electrons. The Morgan fingerprint density at radius 1 is 1.57 bits per heavy atom. The number of aliphatic hydroxyl groups excluding tert-OH is 2. The lowest BCUT2D eigenvalue weighted by Crippen LogP contribution is -2.43. The summed E-state index contributed by atoms with van der Waals surface area (Å²) in [6.45, 7) is 2.28. The zero-order valence-electron chi connectivity index (χ0n) is 7.88. The van der Waals surface area contributed by atoms with Crippen LogP contribution in [0.4, 0.5) is 0 Å². The van der Waals surface area contributed by atoms with Crippen LogP contribution in [0.1, 0.15) is 13.3 Å². The summed E-state index contributed by atoms with van der Waals surface area (Å²) in [6, 6.07) is 0. The number of carbonyl (C=O) groups excluding carboxylic acids is 1. The fraction of sp³-hybridized carbons (Fsp3) is 0.667. The summed E-state index contributed by atoms with van der Waals surface area (Å²) in [5, 5.41) is 18.8. The molecule has 0 aromatic carbocycles. The monoisotopic (exact) mass is 199 g/mol. The summed E-state index contributed by atoms with van der Waals surface area (Å²) in [7, 11) is 0. The van der Waals surface area contributed by atoms with E-state index in [0.717, 1.165) is 5.57 Å². The van der Waals surface area contributed by atoms with Crippen LogP contribution in [0, 0.1) is 0 Å². The molecule has 2 N–H and O–H groups in total. The molecule has 1 amide bonds. The van der Waals surface area contributed by atoms with Gasteiger partial charge in [0, 0.05) is 6.42 Å². The third-order valence-electron chi connectivity index (χ3n) is 2.60. The lowest BCUT2D eigenvalue weighted by molar-refractivity contribution is -0.151. The number of amides is 1. The molecule has 5 heteroatoms. The number of nitrogens with zero attached hydrogens (tertiary/aromatic N) is 1. The number of hydrogen-bond acceptors (Lipinski definition) is 4. The summed E-state index contributed by atoms with van der Waals surface area (Å²) >= 11 is 0. The lowest BCUT2D eigenvalue weighted by atomic mass is 10.2. The normalized spacial score (nSPS) is 37.9. The minimum Gasteiger partial charge on any atom is -0.383 e. The van der Waals surface area contributed by atoms with Crippen LogP contribution in [0.5, 0.6) is 0 Å². The van der Waals surface area contributed by atoms with Crippen LogP contribution in [0.25, 0.3) is 0 Å². The molecule has 0 bridgehead atoms. The van der Waals surface area contributed by atoms with Gasteiger partial charge in [-0.3, -0.25) is 9.69 Å². The molecule has 0 spiro atoms. The maximum Gasteiger partial charge on any atom is 0.255 e. The molecule has 1 unspecified atom stereocenters. The summed E-state index contributed by atoms with van der Waals surface area (Å²) < 4.78 is 5.28. The number of aliphatic hydroxyl groups is 2. The van der Waals surface area contributed by atoms with Gasteiger partial charge in [0.2, 0.25) is 0 Å². The van der Waals surface area contributed by atoms with Crippen LogP contribution in [0.2, 0.25) is 0 Å². The fourth-order valence-electron chi connectivity index (χ4n) is 1.81. The second kappa shape index (κ2) is 3.34. The van der Waals surface area contributed by atoms with Crippen LogP contribution in [-0.4, -0.2) is 46.2 Å². The Morgan fingerprint density at radius 2 is 2.29 bits per heavy atom. The van der Waals surface area contributed by atoms with E-state index in [1.165, 1.54) is 4.90 Å². The third kappa shape index (κ3) is 1.33. The van der Waals surface area contributed by atoms with E-state index in [4.69, 9.17) is 4.74 Å². The average Bonchev–Trinajstić information content (AvgIpc) is 2.60. The summed E-state index contributed by atoms with van der Waals surface area (Å²) in [6.07, 6.45) is -0.623. The van der Waals surface area contributed by atoms with Gasteiger partial charge in [0.25, 0.3) is 5.91 Å². The van der Waals surface area contributed by atoms with Crippen LogP contribution < -0.4 is 0 Å². The Labute approximate surface area is 81.6 Å². The van der Waals surface area contributed by atoms with Gasteiger partial charge < -0.3 is 14.9 Å². The van der Waals surface area contributed by atoms with E-state index in [2.05, 4.69) is 0 Å². The van der Waals surface area contributed by atoms with Crippen molar-refractivity contribution in [2.75, 3.05) is 6.61 Å². The van der Waals surface area contributed by atoms with Gasteiger partial charge in [-0.2, -0.15) is 0 Å². The molecule has 2 aliphatic heterocycles. The van der Waals surface area contributed by atoms with Crippen molar-refractivity contribution < 1.29 is 19.7 Å². The number of ether oxygens (including phenoxy) is 1. The highest BCUT2D eigenvalue weighted by atomic mass is 16.5. The topological polar surface area (TPSA) is 70.0 Å². The molecule has 14 heavy (non-hydrogen) atoms. The molecule has 0 aromatic heterocycles. The highest BCUT2D eigenvalue weighted by Crippen LogP contribution is 2.26. The van der Waals surface area contributed by atoms with Gasteiger partial charge in [0.05, 0.1) is 6.61 Å². The largest absolute Gasteiger partial charge is 0.383 e. The van der Waals surface area contributed by atoms with E-state index >= 15 is 0 Å². The van der Waals surface area contributed by atoms with Crippen LogP contribution in [-0.2, 0) is 9.53 Å². The molecule has 0 aromatic rings. The summed E-state index contributed by atoms with van der Waals surface area (Å²) in [5.74, 6) is -0.461. The number of hydrogen-bond donors (Lipinski definition) is 2. The highest BCUT2D eigenvalue weighted by Gasteiger charge is 2.43. The van der Waals surface area contributed by atoms with E-state index in [-0.39, 0.29) is 6.42 Å². The van der Waals surface area contributed by atoms with Crippen molar-refractivity contribution in [2.24, 2.45) is 0 Å². The van der Waals surface area contributed by atoms with Crippen molar-refractivity contribution >= 4 is 5.91 Å². The first-order chi connectivity index (χ1) is 6.61. The van der Waals surface area contributed by atoms with Crippen molar-refractivity contribution in [2.45, 2.75) is 31.9 Å². The summed E-state index contributed by atoms with van der Waals surface area (Å²) in [5.41, 5.74) is 0.895. The van der Waals surface area contributed by atoms with Crippen LogP contribution >= 0.6 is 0 Å². The van der Waals surface area contributed by atoms with Crippen LogP contribution in [0.3, 0.4) is 0 Å². The molecule has 2 aliphatic rings. The van der Waals surface area contributed by atoms with Crippen molar-refractivity contribution in [3.8, 4) is 0 Å². The first-order valence-electron chi connectivity index (χ1n) is 4.58. The van der Waals surface area contributed by atoms with Crippen LogP contribution in [0.15, 0.2) is 11.6 Å². The molecule has 0 aliphatic carbocycles. The van der Waals surface area contributed by atoms with Gasteiger partial charge >= 0.3 is 0 Å².